The Morgan fingerprint density at radius 2 is 1.85 bits per heavy atom. The van der Waals surface area contributed by atoms with Crippen molar-refractivity contribution in [1.29, 1.82) is 0 Å². The summed E-state index contributed by atoms with van der Waals surface area (Å²) in [5, 5.41) is 18.2. The number of hydrogen-bond donors (Lipinski definition) is 2. The average Bonchev–Trinajstić information content (AvgIpc) is 2.15. The van der Waals surface area contributed by atoms with Crippen molar-refractivity contribution in [3.8, 4) is 0 Å². The Bertz CT molecular complexity index is 241. The van der Waals surface area contributed by atoms with Crippen LogP contribution in [0.25, 0.3) is 0 Å². The molecule has 0 saturated carbocycles. The minimum absolute atomic E-state index is 0.142. The summed E-state index contributed by atoms with van der Waals surface area (Å²) in [7, 11) is 0. The van der Waals surface area contributed by atoms with Gasteiger partial charge in [-0.05, 0) is 25.3 Å². The predicted octanol–water partition coefficient (Wildman–Crippen LogP) is 1.80. The van der Waals surface area contributed by atoms with Crippen LogP contribution in [0.15, 0.2) is 24.3 Å². The van der Waals surface area contributed by atoms with Crippen molar-refractivity contribution in [3.05, 3.63) is 35.4 Å². The van der Waals surface area contributed by atoms with Crippen LogP contribution in [-0.4, -0.2) is 16.8 Å². The molecule has 0 spiro atoms. The molecule has 0 saturated heterocycles. The summed E-state index contributed by atoms with van der Waals surface area (Å²) in [6.45, 7) is 2.16. The van der Waals surface area contributed by atoms with Gasteiger partial charge in [0.1, 0.15) is 0 Å². The highest BCUT2D eigenvalue weighted by Crippen LogP contribution is 2.18. The lowest BCUT2D eigenvalue weighted by Crippen LogP contribution is -1.98. The number of hydrogen-bond acceptors (Lipinski definition) is 2. The normalized spacial score (nSPS) is 12.8. The Kier molecular flexibility index (Phi) is 3.93. The van der Waals surface area contributed by atoms with E-state index in [1.807, 2.05) is 31.2 Å². The first kappa shape index (κ1) is 10.2. The summed E-state index contributed by atoms with van der Waals surface area (Å²) < 4.78 is 0. The van der Waals surface area contributed by atoms with Crippen LogP contribution in [0.1, 0.15) is 30.1 Å². The van der Waals surface area contributed by atoms with Crippen molar-refractivity contribution in [3.63, 3.8) is 0 Å². The molecule has 1 unspecified atom stereocenters. The van der Waals surface area contributed by atoms with Crippen molar-refractivity contribution in [2.24, 2.45) is 0 Å². The van der Waals surface area contributed by atoms with Gasteiger partial charge in [0.2, 0.25) is 0 Å². The van der Waals surface area contributed by atoms with Crippen LogP contribution < -0.4 is 0 Å². The topological polar surface area (TPSA) is 40.5 Å². The number of aliphatic hydroxyl groups excluding tert-OH is 2. The maximum atomic E-state index is 9.63. The van der Waals surface area contributed by atoms with Crippen molar-refractivity contribution in [2.45, 2.75) is 25.9 Å². The molecular formula is C11H16O2. The van der Waals surface area contributed by atoms with E-state index < -0.39 is 6.10 Å². The Hall–Kier alpha value is -0.860. The molecule has 0 fully saturated rings. The third kappa shape index (κ3) is 3.17. The molecule has 1 aromatic carbocycles. The van der Waals surface area contributed by atoms with E-state index in [0.29, 0.717) is 12.8 Å². The smallest absolute Gasteiger partial charge is 0.0790 e. The fraction of sp³-hybridized carbons (Fsp3) is 0.455. The van der Waals surface area contributed by atoms with E-state index in [1.54, 1.807) is 0 Å². The second kappa shape index (κ2) is 5.00. The molecule has 2 N–H and O–H groups in total. The Balaban J connectivity index is 2.55. The molecule has 0 aliphatic rings. The first-order chi connectivity index (χ1) is 6.24. The van der Waals surface area contributed by atoms with Crippen LogP contribution in [0, 0.1) is 6.92 Å². The van der Waals surface area contributed by atoms with Crippen LogP contribution in [0.3, 0.4) is 0 Å². The summed E-state index contributed by atoms with van der Waals surface area (Å²) in [5.41, 5.74) is 2.12. The molecule has 0 bridgehead atoms. The van der Waals surface area contributed by atoms with Crippen molar-refractivity contribution >= 4 is 0 Å². The number of aryl methyl sites for hydroxylation is 1. The first-order valence-corrected chi connectivity index (χ1v) is 4.59. The Morgan fingerprint density at radius 3 is 2.38 bits per heavy atom. The van der Waals surface area contributed by atoms with E-state index in [1.165, 1.54) is 5.56 Å². The molecule has 1 aromatic rings. The van der Waals surface area contributed by atoms with Crippen LogP contribution in [0.2, 0.25) is 0 Å². The molecule has 1 rings (SSSR count). The van der Waals surface area contributed by atoms with Gasteiger partial charge in [-0.3, -0.25) is 0 Å². The monoisotopic (exact) mass is 180 g/mol. The SMILES string of the molecule is Cc1ccc(C(O)CCCO)cc1. The van der Waals surface area contributed by atoms with Gasteiger partial charge >= 0.3 is 0 Å². The summed E-state index contributed by atoms with van der Waals surface area (Å²) in [5.74, 6) is 0. The van der Waals surface area contributed by atoms with Crippen molar-refractivity contribution in [1.82, 2.24) is 0 Å². The number of aliphatic hydroxyl groups is 2. The summed E-state index contributed by atoms with van der Waals surface area (Å²) >= 11 is 0. The molecular weight excluding hydrogens is 164 g/mol. The van der Waals surface area contributed by atoms with Crippen LogP contribution in [0.4, 0.5) is 0 Å². The predicted molar refractivity (Wildman–Crippen MR) is 52.5 cm³/mol. The van der Waals surface area contributed by atoms with Gasteiger partial charge in [0, 0.05) is 6.61 Å². The third-order valence-electron chi connectivity index (χ3n) is 2.10. The van der Waals surface area contributed by atoms with Gasteiger partial charge < -0.3 is 10.2 Å². The minimum atomic E-state index is -0.437. The molecule has 72 valence electrons. The number of benzene rings is 1. The quantitative estimate of drug-likeness (QED) is 0.741. The molecule has 0 aromatic heterocycles. The molecule has 1 atom stereocenters. The van der Waals surface area contributed by atoms with E-state index >= 15 is 0 Å². The van der Waals surface area contributed by atoms with Crippen LogP contribution in [-0.2, 0) is 0 Å². The van der Waals surface area contributed by atoms with E-state index in [9.17, 15) is 5.11 Å². The largest absolute Gasteiger partial charge is 0.396 e. The molecule has 13 heavy (non-hydrogen) atoms. The lowest BCUT2D eigenvalue weighted by molar-refractivity contribution is 0.152. The van der Waals surface area contributed by atoms with E-state index in [-0.39, 0.29) is 6.61 Å². The fourth-order valence-electron chi connectivity index (χ4n) is 1.24. The zero-order chi connectivity index (χ0) is 9.68. The minimum Gasteiger partial charge on any atom is -0.396 e. The van der Waals surface area contributed by atoms with E-state index in [0.717, 1.165) is 5.56 Å². The van der Waals surface area contributed by atoms with Crippen molar-refractivity contribution in [2.75, 3.05) is 6.61 Å². The van der Waals surface area contributed by atoms with Crippen LogP contribution >= 0.6 is 0 Å². The standard InChI is InChI=1S/C11H16O2/c1-9-4-6-10(7-5-9)11(13)3-2-8-12/h4-7,11-13H,2-3,8H2,1H3. The fourth-order valence-corrected chi connectivity index (χ4v) is 1.24. The van der Waals surface area contributed by atoms with Gasteiger partial charge in [0.05, 0.1) is 6.10 Å². The van der Waals surface area contributed by atoms with E-state index in [2.05, 4.69) is 0 Å². The van der Waals surface area contributed by atoms with Gasteiger partial charge in [-0.2, -0.15) is 0 Å². The van der Waals surface area contributed by atoms with E-state index in [4.69, 9.17) is 5.11 Å². The molecule has 2 nitrogen and oxygen atoms in total. The molecule has 0 heterocycles. The Labute approximate surface area is 78.8 Å². The molecule has 0 aliphatic carbocycles. The second-order valence-electron chi connectivity index (χ2n) is 3.29. The van der Waals surface area contributed by atoms with Crippen molar-refractivity contribution < 1.29 is 10.2 Å². The van der Waals surface area contributed by atoms with Gasteiger partial charge in [-0.25, -0.2) is 0 Å². The van der Waals surface area contributed by atoms with Crippen LogP contribution in [0.5, 0.6) is 0 Å². The summed E-state index contributed by atoms with van der Waals surface area (Å²) in [6, 6.07) is 7.82. The number of rotatable bonds is 4. The summed E-state index contributed by atoms with van der Waals surface area (Å²) in [4.78, 5) is 0. The van der Waals surface area contributed by atoms with Gasteiger partial charge in [0.25, 0.3) is 0 Å². The third-order valence-corrected chi connectivity index (χ3v) is 2.10. The molecule has 0 amide bonds. The Morgan fingerprint density at radius 1 is 1.23 bits per heavy atom. The molecule has 0 aliphatic heterocycles. The molecule has 2 heteroatoms. The highest BCUT2D eigenvalue weighted by molar-refractivity contribution is 5.22. The zero-order valence-electron chi connectivity index (χ0n) is 7.90. The second-order valence-corrected chi connectivity index (χ2v) is 3.29. The molecule has 0 radical (unpaired) electrons. The van der Waals surface area contributed by atoms with Gasteiger partial charge in [-0.1, -0.05) is 29.8 Å². The average molecular weight is 180 g/mol. The maximum absolute atomic E-state index is 9.63. The summed E-state index contributed by atoms with van der Waals surface area (Å²) in [6.07, 6.45) is 0.835. The van der Waals surface area contributed by atoms with Gasteiger partial charge in [0.15, 0.2) is 0 Å². The zero-order valence-corrected chi connectivity index (χ0v) is 7.90. The highest BCUT2D eigenvalue weighted by Gasteiger charge is 2.05. The first-order valence-electron chi connectivity index (χ1n) is 4.59. The highest BCUT2D eigenvalue weighted by atomic mass is 16.3. The lowest BCUT2D eigenvalue weighted by Gasteiger charge is -2.09. The maximum Gasteiger partial charge on any atom is 0.0790 e. The van der Waals surface area contributed by atoms with Gasteiger partial charge in [-0.15, -0.1) is 0 Å². The lowest BCUT2D eigenvalue weighted by atomic mass is 10.0.